The molecule has 0 bridgehead atoms. The third kappa shape index (κ3) is 5.33. The number of aromatic nitrogens is 3. The number of carbonyl (C=O) groups is 1. The molecule has 3 aromatic rings. The zero-order valence-electron chi connectivity index (χ0n) is 20.9. The van der Waals surface area contributed by atoms with Crippen molar-refractivity contribution in [3.05, 3.63) is 48.0 Å². The van der Waals surface area contributed by atoms with Crippen LogP contribution in [-0.2, 0) is 9.47 Å². The molecule has 6 rings (SSSR count). The number of nitrogens with zero attached hydrogens (tertiary/aromatic N) is 4. The van der Waals surface area contributed by atoms with Gasteiger partial charge in [-0.05, 0) is 63.3 Å². The van der Waals surface area contributed by atoms with Crippen molar-refractivity contribution in [1.82, 2.24) is 19.9 Å². The lowest BCUT2D eigenvalue weighted by Gasteiger charge is -2.26. The molecule has 196 valence electrons. The molecule has 1 aromatic carbocycles. The Labute approximate surface area is 213 Å². The standard InChI is InChI=1S/C26H30FN5O5/c1-26(2)35-15-20(37-26)14-34-19-11-16(10-17(27)12-19)21-4-3-8-31(21)23-7-9-32-24(30-23)22(13-28-32)36-25(33)29-18-5-6-18/h7,9-13,18,20-21H,3-6,8,14-15H2,1-2H3,(H,29,33)/t20?,21-/m1/s1. The fraction of sp³-hybridized carbons (Fsp3) is 0.500. The Morgan fingerprint density at radius 2 is 2.14 bits per heavy atom. The smallest absolute Gasteiger partial charge is 0.413 e. The minimum atomic E-state index is -0.638. The SMILES string of the molecule is CC1(C)OCC(COc2cc(F)cc([C@H]3CCCN3c3ccn4ncc(OC(=O)NC5CC5)c4n3)c2)O1. The number of nitrogens with one attached hydrogen (secondary N) is 1. The molecule has 1 N–H and O–H groups in total. The Hall–Kier alpha value is -3.44. The molecular weight excluding hydrogens is 481 g/mol. The molecule has 3 aliphatic rings. The van der Waals surface area contributed by atoms with Crippen molar-refractivity contribution < 1.29 is 28.1 Å². The van der Waals surface area contributed by atoms with Gasteiger partial charge in [0, 0.05) is 24.8 Å². The summed E-state index contributed by atoms with van der Waals surface area (Å²) in [7, 11) is 0. The van der Waals surface area contributed by atoms with Crippen LogP contribution in [-0.4, -0.2) is 58.4 Å². The number of amides is 1. The molecule has 2 saturated heterocycles. The van der Waals surface area contributed by atoms with Crippen molar-refractivity contribution in [2.45, 2.75) is 63.5 Å². The van der Waals surface area contributed by atoms with E-state index in [0.29, 0.717) is 29.6 Å². The number of halogens is 1. The minimum Gasteiger partial charge on any atom is -0.491 e. The van der Waals surface area contributed by atoms with E-state index in [1.54, 1.807) is 16.8 Å². The molecule has 3 fully saturated rings. The highest BCUT2D eigenvalue weighted by Gasteiger charge is 2.33. The van der Waals surface area contributed by atoms with Gasteiger partial charge < -0.3 is 29.2 Å². The topological polar surface area (TPSA) is 99.5 Å². The normalized spacial score (nSPS) is 22.9. The Morgan fingerprint density at radius 1 is 1.27 bits per heavy atom. The number of carbonyl (C=O) groups excluding carboxylic acids is 1. The second-order valence-corrected chi connectivity index (χ2v) is 10.2. The predicted octanol–water partition coefficient (Wildman–Crippen LogP) is 3.99. The Kier molecular flexibility index (Phi) is 6.12. The van der Waals surface area contributed by atoms with E-state index in [1.165, 1.54) is 12.3 Å². The van der Waals surface area contributed by atoms with Crippen molar-refractivity contribution in [1.29, 1.82) is 0 Å². The van der Waals surface area contributed by atoms with Crippen molar-refractivity contribution in [2.75, 3.05) is 24.7 Å². The van der Waals surface area contributed by atoms with Gasteiger partial charge in [0.25, 0.3) is 0 Å². The third-order valence-electron chi connectivity index (χ3n) is 6.75. The van der Waals surface area contributed by atoms with Crippen molar-refractivity contribution in [3.8, 4) is 11.5 Å². The van der Waals surface area contributed by atoms with Crippen LogP contribution in [0.5, 0.6) is 11.5 Å². The number of hydrogen-bond acceptors (Lipinski definition) is 8. The monoisotopic (exact) mass is 511 g/mol. The molecule has 0 radical (unpaired) electrons. The van der Waals surface area contributed by atoms with Crippen molar-refractivity contribution in [2.24, 2.45) is 0 Å². The lowest BCUT2D eigenvalue weighted by molar-refractivity contribution is -0.141. The van der Waals surface area contributed by atoms with E-state index in [1.807, 2.05) is 26.0 Å². The van der Waals surface area contributed by atoms with Crippen LogP contribution in [0.2, 0.25) is 0 Å². The summed E-state index contributed by atoms with van der Waals surface area (Å²) < 4.78 is 38.9. The summed E-state index contributed by atoms with van der Waals surface area (Å²) in [4.78, 5) is 19.0. The number of hydrogen-bond donors (Lipinski definition) is 1. The van der Waals surface area contributed by atoms with Gasteiger partial charge in [-0.15, -0.1) is 0 Å². The lowest BCUT2D eigenvalue weighted by Crippen LogP contribution is -2.28. The average Bonchev–Trinajstić information content (AvgIpc) is 3.24. The van der Waals surface area contributed by atoms with Crippen LogP contribution in [0.4, 0.5) is 15.0 Å². The van der Waals surface area contributed by atoms with E-state index in [-0.39, 0.29) is 30.6 Å². The Balaban J connectivity index is 1.20. The van der Waals surface area contributed by atoms with Gasteiger partial charge in [0.2, 0.25) is 5.65 Å². The van der Waals surface area contributed by atoms with Crippen LogP contribution in [0, 0.1) is 5.82 Å². The summed E-state index contributed by atoms with van der Waals surface area (Å²) in [6.07, 6.45) is 6.26. The molecule has 11 heteroatoms. The Bertz CT molecular complexity index is 1310. The van der Waals surface area contributed by atoms with Gasteiger partial charge in [-0.1, -0.05) is 0 Å². The predicted molar refractivity (Wildman–Crippen MR) is 131 cm³/mol. The molecule has 2 aromatic heterocycles. The average molecular weight is 512 g/mol. The van der Waals surface area contributed by atoms with Gasteiger partial charge in [0.1, 0.15) is 30.1 Å². The second-order valence-electron chi connectivity index (χ2n) is 10.2. The number of fused-ring (bicyclic) bond motifs is 1. The van der Waals surface area contributed by atoms with Crippen LogP contribution >= 0.6 is 0 Å². The van der Waals surface area contributed by atoms with Gasteiger partial charge >= 0.3 is 6.09 Å². The highest BCUT2D eigenvalue weighted by atomic mass is 19.1. The van der Waals surface area contributed by atoms with Crippen LogP contribution in [0.15, 0.2) is 36.7 Å². The maximum absolute atomic E-state index is 14.6. The molecule has 10 nitrogen and oxygen atoms in total. The zero-order chi connectivity index (χ0) is 25.6. The molecule has 1 saturated carbocycles. The molecule has 4 heterocycles. The van der Waals surface area contributed by atoms with Gasteiger partial charge in [-0.2, -0.15) is 5.10 Å². The second kappa shape index (κ2) is 9.46. The fourth-order valence-corrected chi connectivity index (χ4v) is 4.88. The van der Waals surface area contributed by atoms with Gasteiger partial charge in [-0.3, -0.25) is 0 Å². The molecule has 2 atom stereocenters. The van der Waals surface area contributed by atoms with E-state index >= 15 is 0 Å². The number of rotatable bonds is 7. The third-order valence-corrected chi connectivity index (χ3v) is 6.75. The molecule has 1 aliphatic carbocycles. The van der Waals surface area contributed by atoms with Crippen LogP contribution < -0.4 is 19.7 Å². The number of anilines is 1. The molecule has 1 unspecified atom stereocenters. The van der Waals surface area contributed by atoms with Gasteiger partial charge in [0.15, 0.2) is 11.5 Å². The van der Waals surface area contributed by atoms with Gasteiger partial charge in [-0.25, -0.2) is 18.7 Å². The molecule has 2 aliphatic heterocycles. The first-order valence-electron chi connectivity index (χ1n) is 12.7. The maximum Gasteiger partial charge on any atom is 0.413 e. The first-order chi connectivity index (χ1) is 17.8. The summed E-state index contributed by atoms with van der Waals surface area (Å²) in [6.45, 7) is 5.18. The Morgan fingerprint density at radius 3 is 2.92 bits per heavy atom. The summed E-state index contributed by atoms with van der Waals surface area (Å²) in [5.41, 5.74) is 1.26. The number of ether oxygens (including phenoxy) is 4. The summed E-state index contributed by atoms with van der Waals surface area (Å²) >= 11 is 0. The maximum atomic E-state index is 14.6. The summed E-state index contributed by atoms with van der Waals surface area (Å²) in [6, 6.07) is 6.78. The van der Waals surface area contributed by atoms with E-state index in [9.17, 15) is 9.18 Å². The molecule has 0 spiro atoms. The highest BCUT2D eigenvalue weighted by molar-refractivity contribution is 5.74. The van der Waals surface area contributed by atoms with E-state index in [2.05, 4.69) is 15.3 Å². The number of benzene rings is 1. The van der Waals surface area contributed by atoms with E-state index in [4.69, 9.17) is 23.9 Å². The molecular formula is C26H30FN5O5. The summed E-state index contributed by atoms with van der Waals surface area (Å²) in [5.74, 6) is 0.444. The van der Waals surface area contributed by atoms with Gasteiger partial charge in [0.05, 0.1) is 18.8 Å². The fourth-order valence-electron chi connectivity index (χ4n) is 4.88. The van der Waals surface area contributed by atoms with E-state index < -0.39 is 11.9 Å². The first-order valence-corrected chi connectivity index (χ1v) is 12.7. The van der Waals surface area contributed by atoms with Crippen LogP contribution in [0.25, 0.3) is 5.65 Å². The zero-order valence-corrected chi connectivity index (χ0v) is 20.9. The van der Waals surface area contributed by atoms with Crippen LogP contribution in [0.1, 0.15) is 51.1 Å². The molecule has 1 amide bonds. The quantitative estimate of drug-likeness (QED) is 0.508. The largest absolute Gasteiger partial charge is 0.491 e. The highest BCUT2D eigenvalue weighted by Crippen LogP contribution is 2.37. The van der Waals surface area contributed by atoms with Crippen molar-refractivity contribution in [3.63, 3.8) is 0 Å². The van der Waals surface area contributed by atoms with E-state index in [0.717, 1.165) is 37.8 Å². The van der Waals surface area contributed by atoms with Crippen LogP contribution in [0.3, 0.4) is 0 Å². The van der Waals surface area contributed by atoms with Crippen molar-refractivity contribution >= 4 is 17.6 Å². The lowest BCUT2D eigenvalue weighted by atomic mass is 10.0. The first kappa shape index (κ1) is 23.9. The summed E-state index contributed by atoms with van der Waals surface area (Å²) in [5, 5.41) is 7.04. The molecule has 37 heavy (non-hydrogen) atoms. The minimum absolute atomic E-state index is 0.0801.